The number of amides is 1. The first-order valence-corrected chi connectivity index (χ1v) is 11.7. The Hall–Kier alpha value is -3.04. The van der Waals surface area contributed by atoms with Crippen LogP contribution in [0.4, 0.5) is 0 Å². The molecule has 0 radical (unpaired) electrons. The van der Waals surface area contributed by atoms with Gasteiger partial charge < -0.3 is 19.8 Å². The summed E-state index contributed by atoms with van der Waals surface area (Å²) in [6.45, 7) is 4.92. The summed E-state index contributed by atoms with van der Waals surface area (Å²) in [4.78, 5) is 15.4. The second-order valence-corrected chi connectivity index (χ2v) is 8.70. The van der Waals surface area contributed by atoms with Gasteiger partial charge in [-0.15, -0.1) is 10.2 Å². The first-order valence-electron chi connectivity index (χ1n) is 10.8. The molecule has 1 fully saturated rings. The van der Waals surface area contributed by atoms with Crippen molar-refractivity contribution in [2.75, 3.05) is 38.3 Å². The molecule has 5 rings (SSSR count). The van der Waals surface area contributed by atoms with Crippen molar-refractivity contribution in [3.05, 3.63) is 60.2 Å². The molecule has 166 valence electrons. The summed E-state index contributed by atoms with van der Waals surface area (Å²) in [6.07, 6.45) is 0. The topological polar surface area (TPSA) is 81.5 Å². The van der Waals surface area contributed by atoms with Gasteiger partial charge in [0.2, 0.25) is 11.1 Å². The summed E-state index contributed by atoms with van der Waals surface area (Å²) < 4.78 is 12.9. The molecular weight excluding hydrogens is 426 g/mol. The molecule has 3 aromatic rings. The summed E-state index contributed by atoms with van der Waals surface area (Å²) in [5.74, 6) is 1.62. The Morgan fingerprint density at radius 2 is 1.88 bits per heavy atom. The van der Waals surface area contributed by atoms with Crippen LogP contribution < -0.4 is 10.2 Å². The monoisotopic (exact) mass is 451 g/mol. The second kappa shape index (κ2) is 9.22. The number of benzene rings is 2. The molecule has 2 aliphatic rings. The first-order chi connectivity index (χ1) is 15.7. The van der Waals surface area contributed by atoms with Crippen LogP contribution in [-0.4, -0.2) is 63.8 Å². The van der Waals surface area contributed by atoms with Gasteiger partial charge in [-0.25, -0.2) is 4.68 Å². The number of ether oxygens (including phenoxy) is 2. The summed E-state index contributed by atoms with van der Waals surface area (Å²) in [7, 11) is 0. The van der Waals surface area contributed by atoms with Gasteiger partial charge in [-0.2, -0.15) is 0 Å². The molecule has 0 bridgehead atoms. The number of thioether (sulfide) groups is 1. The van der Waals surface area contributed by atoms with Gasteiger partial charge in [-0.05, 0) is 24.6 Å². The van der Waals surface area contributed by atoms with Gasteiger partial charge in [-0.3, -0.25) is 4.79 Å². The maximum atomic E-state index is 13.5. The maximum absolute atomic E-state index is 13.5. The van der Waals surface area contributed by atoms with Crippen molar-refractivity contribution >= 4 is 17.7 Å². The Morgan fingerprint density at radius 3 is 2.59 bits per heavy atom. The fourth-order valence-electron chi connectivity index (χ4n) is 3.97. The molecule has 1 N–H and O–H groups in total. The lowest BCUT2D eigenvalue weighted by molar-refractivity contribution is -0.135. The smallest absolute Gasteiger partial charge is 0.238 e. The number of carbonyl (C=O) groups is 1. The number of hydrogen-bond acceptors (Lipinski definition) is 7. The minimum Gasteiger partial charge on any atom is -0.494 e. The average Bonchev–Trinajstić information content (AvgIpc) is 3.27. The van der Waals surface area contributed by atoms with Crippen LogP contribution in [0.25, 0.3) is 11.4 Å². The molecule has 2 aromatic carbocycles. The third-order valence-corrected chi connectivity index (χ3v) is 6.79. The zero-order valence-corrected chi connectivity index (χ0v) is 18.6. The van der Waals surface area contributed by atoms with E-state index in [4.69, 9.17) is 9.47 Å². The van der Waals surface area contributed by atoms with Crippen molar-refractivity contribution in [3.63, 3.8) is 0 Å². The lowest BCUT2D eigenvalue weighted by Gasteiger charge is -2.37. The van der Waals surface area contributed by atoms with Crippen molar-refractivity contribution in [3.8, 4) is 17.1 Å². The molecule has 9 heteroatoms. The molecule has 1 aromatic heterocycles. The lowest BCUT2D eigenvalue weighted by atomic mass is 10.0. The molecule has 1 amide bonds. The SMILES string of the molecule is CCOc1ccc(C2Nn3c(nnc3-c3ccccc3)SC2C(=O)N2CCOCC2)cc1. The molecule has 2 atom stereocenters. The Bertz CT molecular complexity index is 1070. The quantitative estimate of drug-likeness (QED) is 0.639. The Balaban J connectivity index is 1.50. The van der Waals surface area contributed by atoms with Gasteiger partial charge in [-0.1, -0.05) is 54.2 Å². The molecular formula is C23H25N5O3S. The molecule has 2 aliphatic heterocycles. The van der Waals surface area contributed by atoms with E-state index < -0.39 is 0 Å². The second-order valence-electron chi connectivity index (χ2n) is 7.59. The zero-order chi connectivity index (χ0) is 21.9. The van der Waals surface area contributed by atoms with E-state index in [0.717, 1.165) is 22.7 Å². The summed E-state index contributed by atoms with van der Waals surface area (Å²) in [5, 5.41) is 9.09. The molecule has 0 aliphatic carbocycles. The highest BCUT2D eigenvalue weighted by atomic mass is 32.2. The van der Waals surface area contributed by atoms with Gasteiger partial charge >= 0.3 is 0 Å². The molecule has 3 heterocycles. The van der Waals surface area contributed by atoms with Crippen LogP contribution in [-0.2, 0) is 9.53 Å². The van der Waals surface area contributed by atoms with E-state index in [1.807, 2.05) is 71.1 Å². The number of hydrogen-bond donors (Lipinski definition) is 1. The van der Waals surface area contributed by atoms with E-state index in [2.05, 4.69) is 15.6 Å². The van der Waals surface area contributed by atoms with Crippen molar-refractivity contribution in [1.82, 2.24) is 19.8 Å². The first kappa shape index (κ1) is 20.8. The fraction of sp³-hybridized carbons (Fsp3) is 0.348. The normalized spacial score (nSPS) is 20.3. The lowest BCUT2D eigenvalue weighted by Crippen LogP contribution is -2.49. The third kappa shape index (κ3) is 4.05. The van der Waals surface area contributed by atoms with Gasteiger partial charge in [0.25, 0.3) is 0 Å². The van der Waals surface area contributed by atoms with E-state index in [-0.39, 0.29) is 17.2 Å². The highest BCUT2D eigenvalue weighted by Crippen LogP contribution is 2.39. The minimum atomic E-state index is -0.369. The molecule has 32 heavy (non-hydrogen) atoms. The highest BCUT2D eigenvalue weighted by Gasteiger charge is 2.40. The van der Waals surface area contributed by atoms with Crippen molar-refractivity contribution in [2.45, 2.75) is 23.4 Å². The number of nitrogens with one attached hydrogen (secondary N) is 1. The van der Waals surface area contributed by atoms with Gasteiger partial charge in [0.05, 0.1) is 25.9 Å². The largest absolute Gasteiger partial charge is 0.494 e. The predicted octanol–water partition coefficient (Wildman–Crippen LogP) is 2.96. The molecule has 0 spiro atoms. The van der Waals surface area contributed by atoms with Crippen molar-refractivity contribution < 1.29 is 14.3 Å². The molecule has 0 saturated carbocycles. The molecule has 8 nitrogen and oxygen atoms in total. The minimum absolute atomic E-state index is 0.0835. The fourth-order valence-corrected chi connectivity index (χ4v) is 5.13. The summed E-state index contributed by atoms with van der Waals surface area (Å²) in [5.41, 5.74) is 5.50. The maximum Gasteiger partial charge on any atom is 0.238 e. The Morgan fingerprint density at radius 1 is 1.12 bits per heavy atom. The van der Waals surface area contributed by atoms with E-state index >= 15 is 0 Å². The average molecular weight is 452 g/mol. The molecule has 1 saturated heterocycles. The van der Waals surface area contributed by atoms with E-state index in [9.17, 15) is 4.79 Å². The Kier molecular flexibility index (Phi) is 6.00. The zero-order valence-electron chi connectivity index (χ0n) is 17.8. The van der Waals surface area contributed by atoms with Crippen LogP contribution in [0.5, 0.6) is 5.75 Å². The van der Waals surface area contributed by atoms with E-state index in [1.165, 1.54) is 11.8 Å². The van der Waals surface area contributed by atoms with Crippen molar-refractivity contribution in [2.24, 2.45) is 0 Å². The highest BCUT2D eigenvalue weighted by molar-refractivity contribution is 8.00. The van der Waals surface area contributed by atoms with Crippen molar-refractivity contribution in [1.29, 1.82) is 0 Å². The van der Waals surface area contributed by atoms with Crippen LogP contribution in [0.15, 0.2) is 59.8 Å². The Labute approximate surface area is 190 Å². The molecule has 2 unspecified atom stereocenters. The summed E-state index contributed by atoms with van der Waals surface area (Å²) >= 11 is 1.46. The van der Waals surface area contributed by atoms with E-state index in [0.29, 0.717) is 38.1 Å². The van der Waals surface area contributed by atoms with Gasteiger partial charge in [0, 0.05) is 18.7 Å². The van der Waals surface area contributed by atoms with Crippen LogP contribution in [0.2, 0.25) is 0 Å². The van der Waals surface area contributed by atoms with Gasteiger partial charge in [0.15, 0.2) is 5.82 Å². The van der Waals surface area contributed by atoms with E-state index in [1.54, 1.807) is 0 Å². The van der Waals surface area contributed by atoms with Crippen LogP contribution >= 0.6 is 11.8 Å². The number of morpholine rings is 1. The number of nitrogens with zero attached hydrogens (tertiary/aromatic N) is 4. The van der Waals surface area contributed by atoms with Crippen LogP contribution in [0, 0.1) is 0 Å². The number of rotatable bonds is 5. The third-order valence-electron chi connectivity index (χ3n) is 5.59. The predicted molar refractivity (Wildman–Crippen MR) is 122 cm³/mol. The number of carbonyl (C=O) groups excluding carboxylic acids is 1. The van der Waals surface area contributed by atoms with Crippen LogP contribution in [0.3, 0.4) is 0 Å². The summed E-state index contributed by atoms with van der Waals surface area (Å²) in [6, 6.07) is 17.6. The van der Waals surface area contributed by atoms with Gasteiger partial charge in [0.1, 0.15) is 11.0 Å². The number of aromatic nitrogens is 3. The number of fused-ring (bicyclic) bond motifs is 1. The standard InChI is InChI=1S/C23H25N5O3S/c1-2-31-18-10-8-16(9-11-18)19-20(22(29)27-12-14-30-15-13-27)32-23-25-24-21(28(23)26-19)17-6-4-3-5-7-17/h3-11,19-20,26H,2,12-15H2,1H3. The van der Waals surface area contributed by atoms with Crippen LogP contribution in [0.1, 0.15) is 18.5 Å².